The lowest BCUT2D eigenvalue weighted by Gasteiger charge is -1.84. The minimum Gasteiger partial charge on any atom is -0.462 e. The van der Waals surface area contributed by atoms with Crippen LogP contribution >= 0.6 is 11.3 Å². The molecule has 0 aliphatic rings. The summed E-state index contributed by atoms with van der Waals surface area (Å²) >= 11 is 1.48. The van der Waals surface area contributed by atoms with Gasteiger partial charge in [-0.3, -0.25) is 0 Å². The molecule has 2 N–H and O–H groups in total. The van der Waals surface area contributed by atoms with Gasteiger partial charge >= 0.3 is 0 Å². The van der Waals surface area contributed by atoms with Gasteiger partial charge in [0.05, 0.1) is 6.26 Å². The maximum atomic E-state index is 5.44. The van der Waals surface area contributed by atoms with Gasteiger partial charge < -0.3 is 10.2 Å². The zero-order valence-corrected chi connectivity index (χ0v) is 6.47. The smallest absolute Gasteiger partial charge is 0.162 e. The molecule has 2 heterocycles. The summed E-state index contributed by atoms with van der Waals surface area (Å²) in [5, 5.41) is 2.62. The quantitative estimate of drug-likeness (QED) is 0.704. The SMILES string of the molecule is Nc1csc(-c2ccco2)n1. The van der Waals surface area contributed by atoms with E-state index in [4.69, 9.17) is 10.2 Å². The number of furan rings is 1. The molecular formula is C7H6N2OS. The first-order valence-electron chi connectivity index (χ1n) is 3.11. The van der Waals surface area contributed by atoms with Crippen molar-refractivity contribution < 1.29 is 4.42 Å². The molecule has 0 saturated carbocycles. The van der Waals surface area contributed by atoms with Gasteiger partial charge in [-0.05, 0) is 12.1 Å². The summed E-state index contributed by atoms with van der Waals surface area (Å²) in [5.74, 6) is 1.31. The summed E-state index contributed by atoms with van der Waals surface area (Å²) in [6.45, 7) is 0. The number of nitrogen functional groups attached to an aromatic ring is 1. The van der Waals surface area contributed by atoms with Gasteiger partial charge in [-0.25, -0.2) is 4.98 Å². The first kappa shape index (κ1) is 6.42. The van der Waals surface area contributed by atoms with E-state index in [9.17, 15) is 0 Å². The number of hydrogen-bond donors (Lipinski definition) is 1. The van der Waals surface area contributed by atoms with Gasteiger partial charge in [0.2, 0.25) is 0 Å². The van der Waals surface area contributed by atoms with Crippen LogP contribution in [0.1, 0.15) is 0 Å². The normalized spacial score (nSPS) is 10.2. The van der Waals surface area contributed by atoms with Crippen LogP contribution in [-0.4, -0.2) is 4.98 Å². The van der Waals surface area contributed by atoms with E-state index in [1.807, 2.05) is 12.1 Å². The van der Waals surface area contributed by atoms with Crippen LogP contribution in [0.5, 0.6) is 0 Å². The van der Waals surface area contributed by atoms with Crippen molar-refractivity contribution in [1.82, 2.24) is 4.98 Å². The molecule has 0 aliphatic carbocycles. The highest BCUT2D eigenvalue weighted by atomic mass is 32.1. The van der Waals surface area contributed by atoms with Gasteiger partial charge in [-0.1, -0.05) is 0 Å². The molecule has 2 rings (SSSR count). The molecular weight excluding hydrogens is 160 g/mol. The van der Waals surface area contributed by atoms with Gasteiger partial charge in [-0.2, -0.15) is 0 Å². The third-order valence-electron chi connectivity index (χ3n) is 1.25. The van der Waals surface area contributed by atoms with Crippen LogP contribution in [0.15, 0.2) is 28.2 Å². The fraction of sp³-hybridized carbons (Fsp3) is 0. The van der Waals surface area contributed by atoms with E-state index < -0.39 is 0 Å². The van der Waals surface area contributed by atoms with E-state index in [0.29, 0.717) is 5.82 Å². The molecule has 0 unspecified atom stereocenters. The second-order valence-electron chi connectivity index (χ2n) is 2.05. The molecule has 56 valence electrons. The number of thiazole rings is 1. The summed E-state index contributed by atoms with van der Waals surface area (Å²) < 4.78 is 5.13. The van der Waals surface area contributed by atoms with E-state index in [-0.39, 0.29) is 0 Å². The Morgan fingerprint density at radius 3 is 3.00 bits per heavy atom. The second kappa shape index (κ2) is 2.39. The lowest BCUT2D eigenvalue weighted by Crippen LogP contribution is -1.82. The Balaban J connectivity index is 2.45. The third kappa shape index (κ3) is 1.12. The van der Waals surface area contributed by atoms with Crippen LogP contribution in [0, 0.1) is 0 Å². The van der Waals surface area contributed by atoms with Crippen molar-refractivity contribution in [2.45, 2.75) is 0 Å². The Kier molecular flexibility index (Phi) is 1.40. The summed E-state index contributed by atoms with van der Waals surface area (Å²) in [4.78, 5) is 4.06. The van der Waals surface area contributed by atoms with E-state index in [0.717, 1.165) is 10.8 Å². The summed E-state index contributed by atoms with van der Waals surface area (Å²) in [7, 11) is 0. The van der Waals surface area contributed by atoms with E-state index in [1.165, 1.54) is 11.3 Å². The first-order valence-corrected chi connectivity index (χ1v) is 3.99. The topological polar surface area (TPSA) is 52.0 Å². The Morgan fingerprint density at radius 1 is 1.55 bits per heavy atom. The van der Waals surface area contributed by atoms with E-state index >= 15 is 0 Å². The molecule has 0 amide bonds. The molecule has 11 heavy (non-hydrogen) atoms. The van der Waals surface area contributed by atoms with Crippen molar-refractivity contribution in [2.75, 3.05) is 5.73 Å². The highest BCUT2D eigenvalue weighted by molar-refractivity contribution is 7.13. The predicted molar refractivity (Wildman–Crippen MR) is 44.2 cm³/mol. The highest BCUT2D eigenvalue weighted by Crippen LogP contribution is 2.24. The molecule has 0 radical (unpaired) electrons. The fourth-order valence-corrected chi connectivity index (χ4v) is 1.48. The Labute approximate surface area is 67.5 Å². The predicted octanol–water partition coefficient (Wildman–Crippen LogP) is 1.99. The number of aromatic nitrogens is 1. The van der Waals surface area contributed by atoms with Crippen LogP contribution in [0.3, 0.4) is 0 Å². The van der Waals surface area contributed by atoms with E-state index in [1.54, 1.807) is 11.6 Å². The van der Waals surface area contributed by atoms with Crippen molar-refractivity contribution in [2.24, 2.45) is 0 Å². The number of rotatable bonds is 1. The van der Waals surface area contributed by atoms with Crippen molar-refractivity contribution in [3.05, 3.63) is 23.8 Å². The van der Waals surface area contributed by atoms with Gasteiger partial charge in [0.15, 0.2) is 10.8 Å². The number of nitrogens with zero attached hydrogens (tertiary/aromatic N) is 1. The molecule has 0 saturated heterocycles. The lowest BCUT2D eigenvalue weighted by atomic mass is 10.5. The highest BCUT2D eigenvalue weighted by Gasteiger charge is 2.03. The molecule has 0 fully saturated rings. The number of hydrogen-bond acceptors (Lipinski definition) is 4. The summed E-state index contributed by atoms with van der Waals surface area (Å²) in [6.07, 6.45) is 1.62. The lowest BCUT2D eigenvalue weighted by molar-refractivity contribution is 0.582. The molecule has 4 heteroatoms. The monoisotopic (exact) mass is 166 g/mol. The Morgan fingerprint density at radius 2 is 2.45 bits per heavy atom. The average Bonchev–Trinajstić information content (AvgIpc) is 2.55. The van der Waals surface area contributed by atoms with Gasteiger partial charge in [0, 0.05) is 5.38 Å². The molecule has 0 aliphatic heterocycles. The van der Waals surface area contributed by atoms with Crippen molar-refractivity contribution >= 4 is 17.2 Å². The standard InChI is InChI=1S/C7H6N2OS/c8-6-4-11-7(9-6)5-2-1-3-10-5/h1-4H,8H2. The number of nitrogens with two attached hydrogens (primary N) is 1. The van der Waals surface area contributed by atoms with Crippen LogP contribution in [0.2, 0.25) is 0 Å². The van der Waals surface area contributed by atoms with Crippen molar-refractivity contribution in [3.8, 4) is 10.8 Å². The molecule has 2 aromatic heterocycles. The Hall–Kier alpha value is -1.29. The van der Waals surface area contributed by atoms with Crippen LogP contribution in [0.25, 0.3) is 10.8 Å². The van der Waals surface area contributed by atoms with Crippen molar-refractivity contribution in [1.29, 1.82) is 0 Å². The molecule has 0 atom stereocenters. The van der Waals surface area contributed by atoms with Crippen LogP contribution in [0.4, 0.5) is 5.82 Å². The first-order chi connectivity index (χ1) is 5.36. The van der Waals surface area contributed by atoms with E-state index in [2.05, 4.69) is 4.98 Å². The van der Waals surface area contributed by atoms with Gasteiger partial charge in [-0.15, -0.1) is 11.3 Å². The van der Waals surface area contributed by atoms with Crippen LogP contribution < -0.4 is 5.73 Å². The minimum absolute atomic E-state index is 0.543. The largest absolute Gasteiger partial charge is 0.462 e. The van der Waals surface area contributed by atoms with Gasteiger partial charge in [0.1, 0.15) is 5.82 Å². The zero-order chi connectivity index (χ0) is 7.68. The molecule has 0 aromatic carbocycles. The van der Waals surface area contributed by atoms with Crippen molar-refractivity contribution in [3.63, 3.8) is 0 Å². The Bertz CT molecular complexity index is 339. The molecule has 0 spiro atoms. The second-order valence-corrected chi connectivity index (χ2v) is 2.91. The number of anilines is 1. The molecule has 2 aromatic rings. The van der Waals surface area contributed by atoms with Crippen LogP contribution in [-0.2, 0) is 0 Å². The third-order valence-corrected chi connectivity index (χ3v) is 2.13. The maximum Gasteiger partial charge on any atom is 0.162 e. The van der Waals surface area contributed by atoms with Gasteiger partial charge in [0.25, 0.3) is 0 Å². The summed E-state index contributed by atoms with van der Waals surface area (Å²) in [6, 6.07) is 3.69. The molecule has 3 nitrogen and oxygen atoms in total. The average molecular weight is 166 g/mol. The minimum atomic E-state index is 0.543. The maximum absolute atomic E-state index is 5.44. The summed E-state index contributed by atoms with van der Waals surface area (Å²) in [5.41, 5.74) is 5.44. The fourth-order valence-electron chi connectivity index (χ4n) is 0.800. The zero-order valence-electron chi connectivity index (χ0n) is 5.65. The molecule has 0 bridgehead atoms.